The van der Waals surface area contributed by atoms with E-state index in [0.717, 1.165) is 40.4 Å². The number of amides is 1. The zero-order valence-corrected chi connectivity index (χ0v) is 16.3. The van der Waals surface area contributed by atoms with Crippen LogP contribution in [0.4, 0.5) is 11.4 Å². The Kier molecular flexibility index (Phi) is 5.09. The molecule has 2 aliphatic rings. The molecule has 3 N–H and O–H groups in total. The molecule has 0 aromatic heterocycles. The molecular formula is C23H26N2O3. The average Bonchev–Trinajstić information content (AvgIpc) is 3.53. The van der Waals surface area contributed by atoms with Crippen molar-refractivity contribution in [3.63, 3.8) is 0 Å². The third-order valence-electron chi connectivity index (χ3n) is 5.39. The molecule has 1 aliphatic carbocycles. The van der Waals surface area contributed by atoms with Crippen LogP contribution in [0.2, 0.25) is 0 Å². The third kappa shape index (κ3) is 4.04. The molecule has 146 valence electrons. The van der Waals surface area contributed by atoms with Crippen molar-refractivity contribution < 1.29 is 14.6 Å². The summed E-state index contributed by atoms with van der Waals surface area (Å²) < 4.78 is 5.73. The van der Waals surface area contributed by atoms with E-state index in [9.17, 15) is 9.90 Å². The Bertz CT molecular complexity index is 912. The van der Waals surface area contributed by atoms with Crippen LogP contribution in [0.5, 0.6) is 5.75 Å². The van der Waals surface area contributed by atoms with E-state index < -0.39 is 6.10 Å². The number of nitrogens with one attached hydrogen (secondary N) is 2. The SMILES string of the molecule is Cc1c(NC(=O)c2ccc(OCC3CC3)cc2)ccc2c1NCC(C(C)O)=C2. The number of anilines is 2. The lowest BCUT2D eigenvalue weighted by Gasteiger charge is -2.23. The molecule has 5 nitrogen and oxygen atoms in total. The highest BCUT2D eigenvalue weighted by Gasteiger charge is 2.22. The van der Waals surface area contributed by atoms with E-state index >= 15 is 0 Å². The molecule has 0 radical (unpaired) electrons. The summed E-state index contributed by atoms with van der Waals surface area (Å²) in [6.45, 7) is 5.11. The predicted octanol–water partition coefficient (Wildman–Crippen LogP) is 4.23. The largest absolute Gasteiger partial charge is 0.493 e. The first-order chi connectivity index (χ1) is 13.5. The van der Waals surface area contributed by atoms with Crippen molar-refractivity contribution in [2.45, 2.75) is 32.8 Å². The van der Waals surface area contributed by atoms with E-state index in [-0.39, 0.29) is 5.91 Å². The number of aliphatic hydroxyl groups is 1. The lowest BCUT2D eigenvalue weighted by Crippen LogP contribution is -2.20. The van der Waals surface area contributed by atoms with Crippen molar-refractivity contribution in [3.05, 3.63) is 58.7 Å². The molecule has 0 spiro atoms. The lowest BCUT2D eigenvalue weighted by atomic mass is 9.97. The minimum atomic E-state index is -0.475. The van der Waals surface area contributed by atoms with E-state index in [1.54, 1.807) is 19.1 Å². The minimum Gasteiger partial charge on any atom is -0.493 e. The fourth-order valence-corrected chi connectivity index (χ4v) is 3.33. The highest BCUT2D eigenvalue weighted by molar-refractivity contribution is 6.05. The zero-order valence-electron chi connectivity index (χ0n) is 16.3. The van der Waals surface area contributed by atoms with Crippen LogP contribution in [-0.2, 0) is 0 Å². The van der Waals surface area contributed by atoms with E-state index in [0.29, 0.717) is 18.0 Å². The third-order valence-corrected chi connectivity index (χ3v) is 5.39. The Morgan fingerprint density at radius 3 is 2.68 bits per heavy atom. The van der Waals surface area contributed by atoms with Crippen molar-refractivity contribution in [2.24, 2.45) is 5.92 Å². The topological polar surface area (TPSA) is 70.6 Å². The zero-order chi connectivity index (χ0) is 19.7. The van der Waals surface area contributed by atoms with Gasteiger partial charge >= 0.3 is 0 Å². The summed E-state index contributed by atoms with van der Waals surface area (Å²) in [7, 11) is 0. The van der Waals surface area contributed by atoms with Gasteiger partial charge in [-0.25, -0.2) is 0 Å². The Balaban J connectivity index is 1.46. The van der Waals surface area contributed by atoms with Crippen molar-refractivity contribution >= 4 is 23.4 Å². The van der Waals surface area contributed by atoms with E-state index in [1.165, 1.54) is 12.8 Å². The predicted molar refractivity (Wildman–Crippen MR) is 112 cm³/mol. The summed E-state index contributed by atoms with van der Waals surface area (Å²) in [5, 5.41) is 16.1. The van der Waals surface area contributed by atoms with E-state index in [4.69, 9.17) is 4.74 Å². The van der Waals surface area contributed by atoms with Crippen molar-refractivity contribution in [2.75, 3.05) is 23.8 Å². The van der Waals surface area contributed by atoms with Gasteiger partial charge in [0.15, 0.2) is 0 Å². The van der Waals surface area contributed by atoms with Gasteiger partial charge in [0.2, 0.25) is 0 Å². The maximum Gasteiger partial charge on any atom is 0.255 e. The van der Waals surface area contributed by atoms with Gasteiger partial charge in [0.1, 0.15) is 5.75 Å². The smallest absolute Gasteiger partial charge is 0.255 e. The molecule has 1 saturated carbocycles. The van der Waals surface area contributed by atoms with Gasteiger partial charge in [-0.05, 0) is 85.7 Å². The van der Waals surface area contributed by atoms with E-state index in [2.05, 4.69) is 10.6 Å². The van der Waals surface area contributed by atoms with Crippen LogP contribution in [0.25, 0.3) is 6.08 Å². The molecule has 1 atom stereocenters. The first-order valence-corrected chi connectivity index (χ1v) is 9.81. The summed E-state index contributed by atoms with van der Waals surface area (Å²) >= 11 is 0. The Morgan fingerprint density at radius 1 is 1.25 bits per heavy atom. The number of aliphatic hydroxyl groups excluding tert-OH is 1. The first kappa shape index (κ1) is 18.6. The number of fused-ring (bicyclic) bond motifs is 1. The highest BCUT2D eigenvalue weighted by atomic mass is 16.5. The van der Waals surface area contributed by atoms with Crippen molar-refractivity contribution in [3.8, 4) is 5.75 Å². The number of benzene rings is 2. The molecular weight excluding hydrogens is 352 g/mol. The maximum atomic E-state index is 12.6. The summed E-state index contributed by atoms with van der Waals surface area (Å²) in [6.07, 6.45) is 4.05. The monoisotopic (exact) mass is 378 g/mol. The number of hydrogen-bond donors (Lipinski definition) is 3. The molecule has 1 fully saturated rings. The number of ether oxygens (including phenoxy) is 1. The number of hydrogen-bond acceptors (Lipinski definition) is 4. The second kappa shape index (κ2) is 7.68. The molecule has 2 aromatic carbocycles. The summed E-state index contributed by atoms with van der Waals surface area (Å²) in [5.74, 6) is 1.36. The molecule has 0 saturated heterocycles. The number of carbonyl (C=O) groups excluding carboxylic acids is 1. The number of rotatable bonds is 6. The molecule has 0 bridgehead atoms. The van der Waals surface area contributed by atoms with Crippen molar-refractivity contribution in [1.82, 2.24) is 0 Å². The van der Waals surface area contributed by atoms with Gasteiger partial charge in [0.25, 0.3) is 5.91 Å². The fraction of sp³-hybridized carbons (Fsp3) is 0.348. The Morgan fingerprint density at radius 2 is 2.00 bits per heavy atom. The van der Waals surface area contributed by atoms with Gasteiger partial charge in [-0.1, -0.05) is 6.07 Å². The number of carbonyl (C=O) groups is 1. The van der Waals surface area contributed by atoms with Gasteiger partial charge in [-0.2, -0.15) is 0 Å². The second-order valence-electron chi connectivity index (χ2n) is 7.68. The van der Waals surface area contributed by atoms with Crippen LogP contribution in [0.15, 0.2) is 42.0 Å². The second-order valence-corrected chi connectivity index (χ2v) is 7.68. The van der Waals surface area contributed by atoms with E-state index in [1.807, 2.05) is 37.3 Å². The molecule has 4 rings (SSSR count). The van der Waals surface area contributed by atoms with Crippen LogP contribution in [0, 0.1) is 12.8 Å². The Labute approximate surface area is 165 Å². The summed E-state index contributed by atoms with van der Waals surface area (Å²) in [4.78, 5) is 12.6. The summed E-state index contributed by atoms with van der Waals surface area (Å²) in [6, 6.07) is 11.1. The van der Waals surface area contributed by atoms with Gasteiger partial charge < -0.3 is 20.5 Å². The van der Waals surface area contributed by atoms with Crippen LogP contribution in [0.3, 0.4) is 0 Å². The molecule has 1 amide bonds. The van der Waals surface area contributed by atoms with Crippen LogP contribution >= 0.6 is 0 Å². The molecule has 2 aromatic rings. The molecule has 28 heavy (non-hydrogen) atoms. The first-order valence-electron chi connectivity index (χ1n) is 9.81. The molecule has 5 heteroatoms. The van der Waals surface area contributed by atoms with Crippen LogP contribution < -0.4 is 15.4 Å². The maximum absolute atomic E-state index is 12.6. The molecule has 1 aliphatic heterocycles. The summed E-state index contributed by atoms with van der Waals surface area (Å²) in [5.41, 5.74) is 5.32. The van der Waals surface area contributed by atoms with Gasteiger partial charge in [0.05, 0.1) is 12.7 Å². The van der Waals surface area contributed by atoms with Gasteiger partial charge in [-0.3, -0.25) is 4.79 Å². The quantitative estimate of drug-likeness (QED) is 0.704. The molecule has 1 heterocycles. The van der Waals surface area contributed by atoms with Gasteiger partial charge in [0, 0.05) is 23.5 Å². The minimum absolute atomic E-state index is 0.146. The average molecular weight is 378 g/mol. The van der Waals surface area contributed by atoms with Crippen LogP contribution in [0.1, 0.15) is 41.3 Å². The van der Waals surface area contributed by atoms with Gasteiger partial charge in [-0.15, -0.1) is 0 Å². The Hall–Kier alpha value is -2.79. The standard InChI is InChI=1S/C23H26N2O3/c1-14-21(10-7-18-11-19(15(2)26)12-24-22(14)18)25-23(27)17-5-8-20(9-6-17)28-13-16-3-4-16/h5-11,15-16,24,26H,3-4,12-13H2,1-2H3,(H,25,27). The van der Waals surface area contributed by atoms with Crippen LogP contribution in [-0.4, -0.2) is 30.3 Å². The normalized spacial score (nSPS) is 16.5. The lowest BCUT2D eigenvalue weighted by molar-refractivity contribution is 0.102. The fourth-order valence-electron chi connectivity index (χ4n) is 3.33. The van der Waals surface area contributed by atoms with Crippen molar-refractivity contribution in [1.29, 1.82) is 0 Å². The molecule has 1 unspecified atom stereocenters. The highest BCUT2D eigenvalue weighted by Crippen LogP contribution is 2.33.